The Morgan fingerprint density at radius 2 is 1.49 bits per heavy atom. The van der Waals surface area contributed by atoms with E-state index in [1.165, 1.54) is 4.90 Å². The Bertz CT molecular complexity index is 1810. The number of fused-ring (bicyclic) bond motifs is 2. The van der Waals surface area contributed by atoms with Gasteiger partial charge in [0, 0.05) is 0 Å². The number of nitrogens with zero attached hydrogens (tertiary/aromatic N) is 3. The van der Waals surface area contributed by atoms with E-state index in [1.807, 2.05) is 18.2 Å². The zero-order valence-electron chi connectivity index (χ0n) is 28.7. The number of primary amides is 1. The van der Waals surface area contributed by atoms with Crippen molar-refractivity contribution in [3.8, 4) is 0 Å². The molecule has 3 aromatic carbocycles. The van der Waals surface area contributed by atoms with E-state index in [1.54, 1.807) is 112 Å². The van der Waals surface area contributed by atoms with E-state index in [4.69, 9.17) is 23.6 Å². The number of urea groups is 1. The van der Waals surface area contributed by atoms with Crippen LogP contribution in [0.3, 0.4) is 0 Å². The van der Waals surface area contributed by atoms with Gasteiger partial charge in [-0.1, -0.05) is 0 Å². The minimum absolute atomic E-state index is 0.0435. The number of carbonyl (C=O) groups is 3. The van der Waals surface area contributed by atoms with Crippen LogP contribution in [0.1, 0.15) is 34.1 Å². The van der Waals surface area contributed by atoms with Gasteiger partial charge in [-0.2, -0.15) is 0 Å². The van der Waals surface area contributed by atoms with E-state index < -0.39 is 59.6 Å². The average molecular weight is 740 g/mol. The van der Waals surface area contributed by atoms with Gasteiger partial charge < -0.3 is 0 Å². The zero-order chi connectivity index (χ0) is 36.9. The fraction of sp³-hybridized carbons (Fsp3) is 0.314. The minimum atomic E-state index is -5.11. The summed E-state index contributed by atoms with van der Waals surface area (Å²) in [4.78, 5) is 44.3. The van der Waals surface area contributed by atoms with Crippen LogP contribution in [-0.2, 0) is 33.0 Å². The fourth-order valence-electron chi connectivity index (χ4n) is 6.31. The first-order valence-corrected chi connectivity index (χ1v) is 19.8. The van der Waals surface area contributed by atoms with Crippen LogP contribution in [0.2, 0.25) is 0 Å². The molecule has 0 radical (unpaired) electrons. The quantitative estimate of drug-likeness (QED) is 0.196. The molecule has 3 N–H and O–H groups in total. The van der Waals surface area contributed by atoms with E-state index in [2.05, 4.69) is 10.5 Å². The van der Waals surface area contributed by atoms with Crippen LogP contribution < -0.4 is 27.0 Å². The second kappa shape index (κ2) is 14.8. The number of carbonyl (C=O) groups excluding carboxylic acids is 3. The van der Waals surface area contributed by atoms with Crippen molar-refractivity contribution in [1.29, 1.82) is 0 Å². The van der Waals surface area contributed by atoms with Crippen molar-refractivity contribution >= 4 is 56.9 Å². The van der Waals surface area contributed by atoms with Crippen LogP contribution in [0.5, 0.6) is 0 Å². The number of allylic oxidation sites excluding steroid dienone is 1. The van der Waals surface area contributed by atoms with Crippen molar-refractivity contribution < 1.29 is 40.6 Å². The van der Waals surface area contributed by atoms with Crippen molar-refractivity contribution in [2.75, 3.05) is 19.7 Å². The molecule has 0 spiro atoms. The summed E-state index contributed by atoms with van der Waals surface area (Å²) in [5, 5.41) is 9.07. The van der Waals surface area contributed by atoms with E-state index in [0.717, 1.165) is 0 Å². The van der Waals surface area contributed by atoms with E-state index in [0.29, 0.717) is 21.0 Å². The first-order chi connectivity index (χ1) is 24.2. The Morgan fingerprint density at radius 1 is 0.961 bits per heavy atom. The van der Waals surface area contributed by atoms with Crippen LogP contribution >= 0.6 is 6.83 Å². The summed E-state index contributed by atoms with van der Waals surface area (Å²) in [6.45, 7) is 1.64. The molecule has 4 amide bonds. The first kappa shape index (κ1) is 37.4. The average Bonchev–Trinajstić information content (AvgIpc) is 3.35. The van der Waals surface area contributed by atoms with Gasteiger partial charge in [0.25, 0.3) is 0 Å². The molecule has 272 valence electrons. The molecular weight excluding hydrogens is 697 g/mol. The van der Waals surface area contributed by atoms with Crippen LogP contribution in [0.25, 0.3) is 0 Å². The molecular formula is C35H42N5O9PS. The molecule has 0 unspecified atom stereocenters. The number of ether oxygens (including phenoxy) is 1. The van der Waals surface area contributed by atoms with Gasteiger partial charge >= 0.3 is 277 Å². The van der Waals surface area contributed by atoms with Crippen molar-refractivity contribution in [3.05, 3.63) is 103 Å². The van der Waals surface area contributed by atoms with Crippen LogP contribution in [-0.4, -0.2) is 79.5 Å². The number of piperidine rings is 1. The second-order valence-electron chi connectivity index (χ2n) is 13.0. The molecule has 14 nitrogen and oxygen atoms in total. The molecule has 3 aromatic rings. The standard InChI is InChI=1S/C35H42N5O9PS/c1-5-21-50(27-15-9-6-10-16-27,28-17-11-7-12-18-28,29-19-13-8-14-20-29)49-51(44,45)48-40-31-24-39(34(40)43)26(22-30(31)38-46-25-32(36)41)23-37-33(42)47-35(2,3)4/h5-21,26,31H,22-25H2,1-4H3,(H2,36,41)(H,37,42)/t26-,31-/m0/s1. The Morgan fingerprint density at radius 3 is 1.96 bits per heavy atom. The monoisotopic (exact) mass is 739 g/mol. The van der Waals surface area contributed by atoms with Crippen LogP contribution in [0.15, 0.2) is 108 Å². The van der Waals surface area contributed by atoms with Crippen molar-refractivity contribution in [2.45, 2.75) is 51.8 Å². The number of nitrogens with one attached hydrogen (secondary N) is 1. The number of alkyl carbamates (subject to hydrolysis) is 1. The number of amides is 4. The van der Waals surface area contributed by atoms with Gasteiger partial charge in [-0.15, -0.1) is 0 Å². The number of oxime groups is 1. The third-order valence-corrected chi connectivity index (χ3v) is 15.4. The van der Waals surface area contributed by atoms with Gasteiger partial charge in [0.1, 0.15) is 0 Å². The van der Waals surface area contributed by atoms with Gasteiger partial charge in [-0.25, -0.2) is 0 Å². The third kappa shape index (κ3) is 7.76. The number of hydroxylamine groups is 2. The van der Waals surface area contributed by atoms with Gasteiger partial charge in [-0.3, -0.25) is 0 Å². The summed E-state index contributed by atoms with van der Waals surface area (Å²) < 4.78 is 46.6. The van der Waals surface area contributed by atoms with E-state index in [9.17, 15) is 22.8 Å². The topological polar surface area (TPSA) is 179 Å². The molecule has 2 fully saturated rings. The maximum absolute atomic E-state index is 14.5. The molecule has 2 atom stereocenters. The van der Waals surface area contributed by atoms with E-state index >= 15 is 0 Å². The van der Waals surface area contributed by atoms with Gasteiger partial charge in [0.15, 0.2) is 0 Å². The van der Waals surface area contributed by atoms with Crippen LogP contribution in [0, 0.1) is 0 Å². The van der Waals surface area contributed by atoms with Crippen LogP contribution in [0.4, 0.5) is 9.59 Å². The Kier molecular flexibility index (Phi) is 10.9. The summed E-state index contributed by atoms with van der Waals surface area (Å²) in [5.41, 5.74) is 4.65. The van der Waals surface area contributed by atoms with Crippen molar-refractivity contribution in [3.63, 3.8) is 0 Å². The predicted octanol–water partition coefficient (Wildman–Crippen LogP) is 3.42. The molecule has 2 aliphatic heterocycles. The number of benzene rings is 3. The second-order valence-corrected chi connectivity index (χ2v) is 18.6. The maximum atomic E-state index is 14.5. The molecule has 2 saturated heterocycles. The third-order valence-electron chi connectivity index (χ3n) is 8.28. The fourth-order valence-corrected chi connectivity index (χ4v) is 13.8. The molecule has 2 aliphatic rings. The number of hydrogen-bond acceptors (Lipinski definition) is 10. The summed E-state index contributed by atoms with van der Waals surface area (Å²) in [6.07, 6.45) is 1.08. The van der Waals surface area contributed by atoms with Gasteiger partial charge in [0.05, 0.1) is 0 Å². The molecule has 0 aromatic heterocycles. The molecule has 2 heterocycles. The Hall–Kier alpha value is -4.82. The number of rotatable bonds is 13. The number of nitrogens with two attached hydrogens (primary N) is 1. The molecule has 5 rings (SSSR count). The Balaban J connectivity index is 1.57. The zero-order valence-corrected chi connectivity index (χ0v) is 30.5. The SMILES string of the molecule is CC=CP(OS(=O)(=O)ON1C(=O)N2C[C@H]1C(=NOCC(N)=O)C[C@H]2CNC(=O)OC(C)(C)C)(c1ccccc1)(c1ccccc1)c1ccccc1. The molecule has 51 heavy (non-hydrogen) atoms. The summed E-state index contributed by atoms with van der Waals surface area (Å²) in [5.74, 6) is 0.980. The Labute approximate surface area is 297 Å². The predicted molar refractivity (Wildman–Crippen MR) is 194 cm³/mol. The summed E-state index contributed by atoms with van der Waals surface area (Å²) in [7, 11) is -5.11. The summed E-state index contributed by atoms with van der Waals surface area (Å²) >= 11 is 0. The van der Waals surface area contributed by atoms with E-state index in [-0.39, 0.29) is 25.2 Å². The van der Waals surface area contributed by atoms with Gasteiger partial charge in [-0.05, 0) is 20.8 Å². The number of hydrogen-bond donors (Lipinski definition) is 2. The first-order valence-electron chi connectivity index (χ1n) is 16.2. The van der Waals surface area contributed by atoms with Gasteiger partial charge in [0.2, 0.25) is 0 Å². The molecule has 2 bridgehead atoms. The molecule has 16 heteroatoms. The normalized spacial score (nSPS) is 19.5. The van der Waals surface area contributed by atoms with Crippen molar-refractivity contribution in [2.24, 2.45) is 10.9 Å². The molecule has 0 aliphatic carbocycles. The molecule has 0 saturated carbocycles. The van der Waals surface area contributed by atoms with Crippen molar-refractivity contribution in [1.82, 2.24) is 15.3 Å². The summed E-state index contributed by atoms with van der Waals surface area (Å²) in [6, 6.07) is 24.5.